The van der Waals surface area contributed by atoms with Crippen molar-refractivity contribution in [2.75, 3.05) is 12.0 Å². The van der Waals surface area contributed by atoms with Crippen LogP contribution in [0.2, 0.25) is 5.02 Å². The highest BCUT2D eigenvalue weighted by atomic mass is 35.5. The summed E-state index contributed by atoms with van der Waals surface area (Å²) < 4.78 is 5.32. The Kier molecular flexibility index (Phi) is 4.75. The average Bonchev–Trinajstić information content (AvgIpc) is 3.34. The molecular formula is C25H20ClN3O2. The summed E-state index contributed by atoms with van der Waals surface area (Å²) in [4.78, 5) is 15.3. The standard InChI is InChI=1S/C25H20ClN3O2/c1-15-3-5-16(6-4-15)22-21-23(28-27-22)25(30)29(19-11-9-18(26)10-12-19)24(21)17-7-13-20(31-2)14-8-17/h3-14,24H,1-2H3,(H,27,28)/t24-/m1/s1. The van der Waals surface area contributed by atoms with Crippen LogP contribution in [0.15, 0.2) is 72.8 Å². The van der Waals surface area contributed by atoms with Crippen molar-refractivity contribution in [3.8, 4) is 17.0 Å². The molecule has 0 fully saturated rings. The number of hydrogen-bond donors (Lipinski definition) is 1. The molecule has 2 heterocycles. The highest BCUT2D eigenvalue weighted by Crippen LogP contribution is 2.45. The van der Waals surface area contributed by atoms with Gasteiger partial charge >= 0.3 is 0 Å². The third-order valence-electron chi connectivity index (χ3n) is 5.63. The number of nitrogens with one attached hydrogen (secondary N) is 1. The fourth-order valence-corrected chi connectivity index (χ4v) is 4.17. The largest absolute Gasteiger partial charge is 0.497 e. The second-order valence-corrected chi connectivity index (χ2v) is 7.99. The molecule has 1 N–H and O–H groups in total. The van der Waals surface area contributed by atoms with Crippen molar-refractivity contribution in [2.45, 2.75) is 13.0 Å². The minimum absolute atomic E-state index is 0.121. The van der Waals surface area contributed by atoms with Crippen LogP contribution in [-0.4, -0.2) is 23.2 Å². The van der Waals surface area contributed by atoms with E-state index in [4.69, 9.17) is 16.3 Å². The molecule has 4 aromatic rings. The van der Waals surface area contributed by atoms with Crippen molar-refractivity contribution in [1.29, 1.82) is 0 Å². The van der Waals surface area contributed by atoms with Gasteiger partial charge in [0.2, 0.25) is 0 Å². The number of aromatic nitrogens is 2. The van der Waals surface area contributed by atoms with Crippen LogP contribution in [0.1, 0.15) is 33.2 Å². The minimum Gasteiger partial charge on any atom is -0.497 e. The molecule has 0 saturated carbocycles. The van der Waals surface area contributed by atoms with Crippen molar-refractivity contribution in [3.05, 3.63) is 100 Å². The molecule has 1 aliphatic rings. The zero-order valence-electron chi connectivity index (χ0n) is 17.1. The van der Waals surface area contributed by atoms with Gasteiger partial charge in [-0.1, -0.05) is 53.6 Å². The van der Waals surface area contributed by atoms with Crippen LogP contribution in [0.3, 0.4) is 0 Å². The molecule has 3 aromatic carbocycles. The van der Waals surface area contributed by atoms with Gasteiger partial charge in [0.25, 0.3) is 5.91 Å². The number of rotatable bonds is 4. The number of nitrogens with zero attached hydrogens (tertiary/aromatic N) is 2. The average molecular weight is 430 g/mol. The van der Waals surface area contributed by atoms with E-state index in [1.807, 2.05) is 67.6 Å². The number of benzene rings is 3. The Morgan fingerprint density at radius 1 is 0.968 bits per heavy atom. The number of fused-ring (bicyclic) bond motifs is 1. The van der Waals surface area contributed by atoms with Gasteiger partial charge < -0.3 is 4.74 Å². The second kappa shape index (κ2) is 7.60. The van der Waals surface area contributed by atoms with Gasteiger partial charge in [-0.15, -0.1) is 0 Å². The number of aryl methyl sites for hydroxylation is 1. The van der Waals surface area contributed by atoms with E-state index in [1.54, 1.807) is 24.1 Å². The highest BCUT2D eigenvalue weighted by molar-refractivity contribution is 6.30. The number of methoxy groups -OCH3 is 1. The molecule has 0 radical (unpaired) electrons. The molecular weight excluding hydrogens is 410 g/mol. The first-order valence-corrected chi connectivity index (χ1v) is 10.3. The van der Waals surface area contributed by atoms with Crippen molar-refractivity contribution in [1.82, 2.24) is 10.2 Å². The first kappa shape index (κ1) is 19.4. The maximum Gasteiger partial charge on any atom is 0.277 e. The summed E-state index contributed by atoms with van der Waals surface area (Å²) in [6.07, 6.45) is 0. The SMILES string of the molecule is COc1ccc([C@@H]2c3c(-c4ccc(C)cc4)n[nH]c3C(=O)N2c2ccc(Cl)cc2)cc1. The predicted octanol–water partition coefficient (Wildman–Crippen LogP) is 5.80. The van der Waals surface area contributed by atoms with Gasteiger partial charge in [-0.05, 0) is 48.9 Å². The summed E-state index contributed by atoms with van der Waals surface area (Å²) in [7, 11) is 1.64. The topological polar surface area (TPSA) is 58.2 Å². The number of H-pyrrole nitrogens is 1. The number of amides is 1. The van der Waals surface area contributed by atoms with Crippen LogP contribution in [0.25, 0.3) is 11.3 Å². The molecule has 6 heteroatoms. The first-order chi connectivity index (χ1) is 15.1. The fourth-order valence-electron chi connectivity index (χ4n) is 4.05. The monoisotopic (exact) mass is 429 g/mol. The van der Waals surface area contributed by atoms with Gasteiger partial charge in [0, 0.05) is 21.8 Å². The molecule has 154 valence electrons. The van der Waals surface area contributed by atoms with Crippen molar-refractivity contribution < 1.29 is 9.53 Å². The Balaban J connectivity index is 1.70. The van der Waals surface area contributed by atoms with Crippen molar-refractivity contribution >= 4 is 23.2 Å². The number of halogens is 1. The van der Waals surface area contributed by atoms with Crippen LogP contribution < -0.4 is 9.64 Å². The zero-order valence-corrected chi connectivity index (χ0v) is 17.9. The second-order valence-electron chi connectivity index (χ2n) is 7.55. The number of anilines is 1. The van der Waals surface area contributed by atoms with Gasteiger partial charge in [-0.3, -0.25) is 14.8 Å². The normalized spacial score (nSPS) is 15.3. The first-order valence-electron chi connectivity index (χ1n) is 9.95. The van der Waals surface area contributed by atoms with Crippen LogP contribution in [0.5, 0.6) is 5.75 Å². The lowest BCUT2D eigenvalue weighted by Crippen LogP contribution is -2.29. The molecule has 5 nitrogen and oxygen atoms in total. The van der Waals surface area contributed by atoms with E-state index in [0.29, 0.717) is 10.7 Å². The summed E-state index contributed by atoms with van der Waals surface area (Å²) in [5, 5.41) is 8.13. The Morgan fingerprint density at radius 3 is 2.29 bits per heavy atom. The Hall–Kier alpha value is -3.57. The molecule has 1 amide bonds. The maximum absolute atomic E-state index is 13.5. The number of carbonyl (C=O) groups excluding carboxylic acids is 1. The summed E-state index contributed by atoms with van der Waals surface area (Å²) >= 11 is 6.09. The molecule has 1 aromatic heterocycles. The van der Waals surface area contributed by atoms with E-state index >= 15 is 0 Å². The zero-order chi connectivity index (χ0) is 21.5. The number of carbonyl (C=O) groups is 1. The Morgan fingerprint density at radius 2 is 1.65 bits per heavy atom. The van der Waals surface area contributed by atoms with Crippen LogP contribution in [0.4, 0.5) is 5.69 Å². The third-order valence-corrected chi connectivity index (χ3v) is 5.88. The van der Waals surface area contributed by atoms with E-state index < -0.39 is 0 Å². The molecule has 0 bridgehead atoms. The summed E-state index contributed by atoms with van der Waals surface area (Å²) in [5.74, 6) is 0.640. The lowest BCUT2D eigenvalue weighted by molar-refractivity contribution is 0.0989. The van der Waals surface area contributed by atoms with E-state index in [2.05, 4.69) is 10.2 Å². The number of hydrogen-bond acceptors (Lipinski definition) is 3. The van der Waals surface area contributed by atoms with E-state index in [1.165, 1.54) is 5.56 Å². The lowest BCUT2D eigenvalue weighted by Gasteiger charge is -2.26. The molecule has 0 saturated heterocycles. The quantitative estimate of drug-likeness (QED) is 0.446. The van der Waals surface area contributed by atoms with E-state index in [-0.39, 0.29) is 11.9 Å². The molecule has 1 atom stereocenters. The minimum atomic E-state index is -0.329. The highest BCUT2D eigenvalue weighted by Gasteiger charge is 2.43. The predicted molar refractivity (Wildman–Crippen MR) is 122 cm³/mol. The van der Waals surface area contributed by atoms with Gasteiger partial charge in [0.15, 0.2) is 0 Å². The summed E-state index contributed by atoms with van der Waals surface area (Å²) in [6.45, 7) is 2.05. The Labute approximate surface area is 185 Å². The lowest BCUT2D eigenvalue weighted by atomic mass is 9.95. The van der Waals surface area contributed by atoms with Gasteiger partial charge in [-0.2, -0.15) is 5.10 Å². The molecule has 31 heavy (non-hydrogen) atoms. The Bertz CT molecular complexity index is 1250. The van der Waals surface area contributed by atoms with Crippen LogP contribution in [0, 0.1) is 6.92 Å². The fraction of sp³-hybridized carbons (Fsp3) is 0.120. The van der Waals surface area contributed by atoms with Crippen LogP contribution in [-0.2, 0) is 0 Å². The maximum atomic E-state index is 13.5. The van der Waals surface area contributed by atoms with Gasteiger partial charge in [0.05, 0.1) is 18.8 Å². The van der Waals surface area contributed by atoms with E-state index in [0.717, 1.165) is 33.8 Å². The molecule has 0 spiro atoms. The smallest absolute Gasteiger partial charge is 0.277 e. The van der Waals surface area contributed by atoms with Crippen LogP contribution >= 0.6 is 11.6 Å². The summed E-state index contributed by atoms with van der Waals surface area (Å²) in [5.41, 5.74) is 6.03. The van der Waals surface area contributed by atoms with Gasteiger partial charge in [-0.25, -0.2) is 0 Å². The molecule has 0 aliphatic carbocycles. The van der Waals surface area contributed by atoms with Crippen molar-refractivity contribution in [3.63, 3.8) is 0 Å². The molecule has 5 rings (SSSR count). The number of aromatic amines is 1. The molecule has 0 unspecified atom stereocenters. The summed E-state index contributed by atoms with van der Waals surface area (Å²) in [6, 6.07) is 22.9. The van der Waals surface area contributed by atoms with E-state index in [9.17, 15) is 4.79 Å². The van der Waals surface area contributed by atoms with Crippen molar-refractivity contribution in [2.24, 2.45) is 0 Å². The third kappa shape index (κ3) is 3.27. The molecule has 1 aliphatic heterocycles. The van der Waals surface area contributed by atoms with Gasteiger partial charge in [0.1, 0.15) is 11.4 Å². The number of ether oxygens (including phenoxy) is 1.